The number of carboxylic acid groups (broad SMARTS) is 1. The van der Waals surface area contributed by atoms with Gasteiger partial charge in [0.1, 0.15) is 0 Å². The van der Waals surface area contributed by atoms with Gasteiger partial charge in [0.05, 0.1) is 46.2 Å². The Hall–Kier alpha value is -2.41. The lowest BCUT2D eigenvalue weighted by atomic mass is 10.1. The smallest absolute Gasteiger partial charge is 0.407 e. The van der Waals surface area contributed by atoms with Crippen LogP contribution in [0, 0.1) is 29.6 Å². The van der Waals surface area contributed by atoms with Crippen molar-refractivity contribution in [2.24, 2.45) is 17.8 Å². The van der Waals surface area contributed by atoms with Crippen LogP contribution in [0.3, 0.4) is 0 Å². The minimum absolute atomic E-state index is 0.226. The Kier molecular flexibility index (Phi) is 9.53. The third-order valence-corrected chi connectivity index (χ3v) is 6.15. The van der Waals surface area contributed by atoms with Gasteiger partial charge in [0.2, 0.25) is 0 Å². The molecule has 0 radical (unpaired) electrons. The van der Waals surface area contributed by atoms with E-state index in [4.69, 9.17) is 14.2 Å². The number of rotatable bonds is 14. The molecule has 0 aromatic carbocycles. The van der Waals surface area contributed by atoms with Crippen LogP contribution in [0.4, 0.5) is 4.79 Å². The minimum Gasteiger partial charge on any atom is -0.465 e. The Balaban J connectivity index is 1.16. The van der Waals surface area contributed by atoms with E-state index in [1.165, 1.54) is 17.1 Å². The molecule has 9 nitrogen and oxygen atoms in total. The number of carbonyl (C=O) groups excluding carboxylic acids is 2. The minimum atomic E-state index is -0.898. The molecule has 1 aliphatic heterocycles. The van der Waals surface area contributed by atoms with Crippen LogP contribution in [0.1, 0.15) is 25.7 Å². The number of fused-ring (bicyclic) bond motifs is 1. The SMILES string of the molecule is O=C(O)N(CCOCCOCCOCCN1C(=O)C=CC1=O)C[C@H]1[C@@H]2CCC#CCC[C@@H]21. The van der Waals surface area contributed by atoms with Gasteiger partial charge in [-0.1, -0.05) is 0 Å². The van der Waals surface area contributed by atoms with Gasteiger partial charge in [-0.2, -0.15) is 0 Å². The number of imide groups is 1. The monoisotopic (exact) mass is 448 g/mol. The van der Waals surface area contributed by atoms with Gasteiger partial charge >= 0.3 is 6.09 Å². The fraction of sp³-hybridized carbons (Fsp3) is 0.696. The van der Waals surface area contributed by atoms with Crippen LogP contribution >= 0.6 is 0 Å². The zero-order valence-corrected chi connectivity index (χ0v) is 18.4. The topological polar surface area (TPSA) is 106 Å². The van der Waals surface area contributed by atoms with Crippen molar-refractivity contribution in [1.82, 2.24) is 9.80 Å². The van der Waals surface area contributed by atoms with E-state index in [2.05, 4.69) is 11.8 Å². The number of amides is 3. The zero-order valence-electron chi connectivity index (χ0n) is 18.4. The summed E-state index contributed by atoms with van der Waals surface area (Å²) in [6, 6.07) is 0. The van der Waals surface area contributed by atoms with Crippen LogP contribution in [0.15, 0.2) is 12.2 Å². The van der Waals surface area contributed by atoms with E-state index >= 15 is 0 Å². The van der Waals surface area contributed by atoms with Gasteiger partial charge in [0.15, 0.2) is 0 Å². The number of hydrogen-bond acceptors (Lipinski definition) is 6. The molecular weight excluding hydrogens is 416 g/mol. The molecule has 0 unspecified atom stereocenters. The molecule has 1 N–H and O–H groups in total. The molecule has 3 amide bonds. The van der Waals surface area contributed by atoms with E-state index < -0.39 is 6.09 Å². The van der Waals surface area contributed by atoms with E-state index in [0.717, 1.165) is 30.6 Å². The second-order valence-corrected chi connectivity index (χ2v) is 8.15. The summed E-state index contributed by atoms with van der Waals surface area (Å²) in [5, 5.41) is 9.50. The largest absolute Gasteiger partial charge is 0.465 e. The standard InChI is InChI=1S/C23H32N2O7/c26-21-7-8-22(27)25(21)10-12-31-14-16-32-15-13-30-11-9-24(23(28)29)17-20-18-5-3-1-2-4-6-19(18)20/h7-8,18-20H,3-6,9-17H2,(H,28,29)/t18-,19+,20+. The van der Waals surface area contributed by atoms with Gasteiger partial charge in [-0.15, -0.1) is 11.8 Å². The Bertz CT molecular complexity index is 721. The normalized spacial score (nSPS) is 23.9. The Labute approximate surface area is 188 Å². The highest BCUT2D eigenvalue weighted by molar-refractivity contribution is 6.12. The summed E-state index contributed by atoms with van der Waals surface area (Å²) >= 11 is 0. The zero-order chi connectivity index (χ0) is 22.8. The maximum atomic E-state index is 11.6. The van der Waals surface area contributed by atoms with Crippen molar-refractivity contribution < 1.29 is 33.7 Å². The first-order chi connectivity index (χ1) is 15.6. The quantitative estimate of drug-likeness (QED) is 0.243. The van der Waals surface area contributed by atoms with Gasteiger partial charge < -0.3 is 24.2 Å². The van der Waals surface area contributed by atoms with E-state index in [0.29, 0.717) is 63.9 Å². The second-order valence-electron chi connectivity index (χ2n) is 8.15. The lowest BCUT2D eigenvalue weighted by Crippen LogP contribution is -2.35. The van der Waals surface area contributed by atoms with Crippen LogP contribution in [0.2, 0.25) is 0 Å². The molecule has 3 rings (SSSR count). The average molecular weight is 449 g/mol. The predicted octanol–water partition coefficient (Wildman–Crippen LogP) is 1.38. The maximum Gasteiger partial charge on any atom is 0.407 e. The van der Waals surface area contributed by atoms with Gasteiger partial charge in [0.25, 0.3) is 11.8 Å². The van der Waals surface area contributed by atoms with E-state index in [9.17, 15) is 19.5 Å². The van der Waals surface area contributed by atoms with Crippen LogP contribution in [-0.2, 0) is 23.8 Å². The molecule has 3 aliphatic rings. The van der Waals surface area contributed by atoms with Crippen LogP contribution in [0.5, 0.6) is 0 Å². The molecule has 0 aromatic rings. The number of ether oxygens (including phenoxy) is 3. The van der Waals surface area contributed by atoms with Gasteiger partial charge in [-0.05, 0) is 30.6 Å². The van der Waals surface area contributed by atoms with Crippen LogP contribution in [-0.4, -0.2) is 92.1 Å². The van der Waals surface area contributed by atoms with Crippen molar-refractivity contribution in [2.75, 3.05) is 59.3 Å². The summed E-state index contributed by atoms with van der Waals surface area (Å²) in [5.41, 5.74) is 0. The van der Waals surface area contributed by atoms with Gasteiger partial charge in [-0.25, -0.2) is 4.79 Å². The van der Waals surface area contributed by atoms with Gasteiger partial charge in [0, 0.05) is 38.1 Å². The van der Waals surface area contributed by atoms with Crippen molar-refractivity contribution in [1.29, 1.82) is 0 Å². The molecule has 32 heavy (non-hydrogen) atoms. The fourth-order valence-corrected chi connectivity index (χ4v) is 4.35. The van der Waals surface area contributed by atoms with E-state index in [1.54, 1.807) is 0 Å². The molecule has 0 aromatic heterocycles. The molecule has 9 heteroatoms. The average Bonchev–Trinajstić information content (AvgIpc) is 3.27. The van der Waals surface area contributed by atoms with E-state index in [-0.39, 0.29) is 25.0 Å². The molecule has 3 atom stereocenters. The third kappa shape index (κ3) is 7.33. The maximum absolute atomic E-state index is 11.6. The molecule has 1 heterocycles. The summed E-state index contributed by atoms with van der Waals surface area (Å²) in [6.45, 7) is 3.25. The molecule has 0 spiro atoms. The molecule has 1 saturated carbocycles. The molecule has 176 valence electrons. The van der Waals surface area contributed by atoms with Crippen LogP contribution in [0.25, 0.3) is 0 Å². The highest BCUT2D eigenvalue weighted by Crippen LogP contribution is 2.52. The lowest BCUT2D eigenvalue weighted by molar-refractivity contribution is -0.137. The Morgan fingerprint density at radius 2 is 1.47 bits per heavy atom. The first kappa shape index (κ1) is 24.2. The number of hydrogen-bond donors (Lipinski definition) is 1. The van der Waals surface area contributed by atoms with Crippen molar-refractivity contribution in [3.05, 3.63) is 12.2 Å². The third-order valence-electron chi connectivity index (χ3n) is 6.15. The summed E-state index contributed by atoms with van der Waals surface area (Å²) in [5.74, 6) is 7.42. The Morgan fingerprint density at radius 3 is 2.03 bits per heavy atom. The molecule has 2 aliphatic carbocycles. The number of carbonyl (C=O) groups is 3. The molecule has 1 fully saturated rings. The lowest BCUT2D eigenvalue weighted by Gasteiger charge is -2.19. The molecule has 0 saturated heterocycles. The highest BCUT2D eigenvalue weighted by atomic mass is 16.5. The number of nitrogens with zero attached hydrogens (tertiary/aromatic N) is 2. The van der Waals surface area contributed by atoms with Crippen molar-refractivity contribution in [2.45, 2.75) is 25.7 Å². The first-order valence-corrected chi connectivity index (χ1v) is 11.3. The second kappa shape index (κ2) is 12.6. The van der Waals surface area contributed by atoms with Gasteiger partial charge in [-0.3, -0.25) is 14.5 Å². The first-order valence-electron chi connectivity index (χ1n) is 11.3. The van der Waals surface area contributed by atoms with Crippen molar-refractivity contribution in [3.63, 3.8) is 0 Å². The Morgan fingerprint density at radius 1 is 0.938 bits per heavy atom. The fourth-order valence-electron chi connectivity index (χ4n) is 4.35. The van der Waals surface area contributed by atoms with Crippen LogP contribution < -0.4 is 0 Å². The predicted molar refractivity (Wildman–Crippen MR) is 115 cm³/mol. The van der Waals surface area contributed by atoms with Crippen molar-refractivity contribution >= 4 is 17.9 Å². The molecule has 0 bridgehead atoms. The summed E-state index contributed by atoms with van der Waals surface area (Å²) in [7, 11) is 0. The van der Waals surface area contributed by atoms with E-state index in [1.807, 2.05) is 0 Å². The molecular formula is C23H32N2O7. The summed E-state index contributed by atoms with van der Waals surface area (Å²) < 4.78 is 16.3. The highest BCUT2D eigenvalue weighted by Gasteiger charge is 2.49. The summed E-state index contributed by atoms with van der Waals surface area (Å²) in [6.07, 6.45) is 5.61. The summed E-state index contributed by atoms with van der Waals surface area (Å²) in [4.78, 5) is 36.9. The van der Waals surface area contributed by atoms with Crippen molar-refractivity contribution in [3.8, 4) is 11.8 Å².